The highest BCUT2D eigenvalue weighted by Gasteiger charge is 2.17. The van der Waals surface area contributed by atoms with Crippen molar-refractivity contribution in [1.29, 1.82) is 0 Å². The summed E-state index contributed by atoms with van der Waals surface area (Å²) in [4.78, 5) is 12.5. The Morgan fingerprint density at radius 3 is 3.05 bits per heavy atom. The molecule has 19 heavy (non-hydrogen) atoms. The number of benzene rings is 1. The van der Waals surface area contributed by atoms with E-state index in [-0.39, 0.29) is 17.8 Å². The Balaban J connectivity index is 2.32. The fourth-order valence-electron chi connectivity index (χ4n) is 1.86. The molecule has 0 aliphatic carbocycles. The molecule has 1 amide bonds. The zero-order valence-corrected chi connectivity index (χ0v) is 11.4. The highest BCUT2D eigenvalue weighted by atomic mass is 32.1. The fraction of sp³-hybridized carbons (Fsp3) is 0.214. The van der Waals surface area contributed by atoms with E-state index >= 15 is 0 Å². The summed E-state index contributed by atoms with van der Waals surface area (Å²) in [5, 5.41) is 3.43. The van der Waals surface area contributed by atoms with Crippen LogP contribution in [0.3, 0.4) is 0 Å². The number of nitrogen functional groups attached to an aromatic ring is 1. The molecule has 2 aromatic rings. The molecule has 0 bridgehead atoms. The molecule has 2 rings (SSSR count). The Morgan fingerprint density at radius 2 is 2.37 bits per heavy atom. The van der Waals surface area contributed by atoms with Gasteiger partial charge in [0.05, 0.1) is 5.69 Å². The topological polar surface area (TPSA) is 55.1 Å². The molecule has 0 saturated heterocycles. The van der Waals surface area contributed by atoms with Crippen LogP contribution >= 0.6 is 11.3 Å². The number of nitrogens with two attached hydrogens (primary N) is 1. The molecule has 0 radical (unpaired) electrons. The monoisotopic (exact) mass is 278 g/mol. The third-order valence-corrected chi connectivity index (χ3v) is 3.98. The molecular formula is C14H15FN2OS. The van der Waals surface area contributed by atoms with E-state index < -0.39 is 0 Å². The molecule has 0 fully saturated rings. The largest absolute Gasteiger partial charge is 0.397 e. The van der Waals surface area contributed by atoms with Crippen molar-refractivity contribution in [2.75, 3.05) is 5.73 Å². The van der Waals surface area contributed by atoms with Crippen molar-refractivity contribution >= 4 is 33.0 Å². The second-order valence-electron chi connectivity index (χ2n) is 4.38. The molecule has 100 valence electrons. The number of hydrogen-bond donors (Lipinski definition) is 2. The molecular weight excluding hydrogens is 263 g/mol. The van der Waals surface area contributed by atoms with Crippen molar-refractivity contribution in [3.63, 3.8) is 0 Å². The lowest BCUT2D eigenvalue weighted by Gasteiger charge is -2.10. The maximum atomic E-state index is 13.2. The summed E-state index contributed by atoms with van der Waals surface area (Å²) in [7, 11) is 0. The van der Waals surface area contributed by atoms with Gasteiger partial charge in [0, 0.05) is 16.1 Å². The van der Waals surface area contributed by atoms with Gasteiger partial charge in [-0.3, -0.25) is 4.79 Å². The minimum absolute atomic E-state index is 0.00801. The second kappa shape index (κ2) is 5.40. The Bertz CT molecular complexity index is 636. The van der Waals surface area contributed by atoms with Crippen molar-refractivity contribution in [3.05, 3.63) is 41.5 Å². The maximum absolute atomic E-state index is 13.2. The first-order valence-electron chi connectivity index (χ1n) is 5.92. The van der Waals surface area contributed by atoms with Gasteiger partial charge >= 0.3 is 0 Å². The molecule has 5 heteroatoms. The van der Waals surface area contributed by atoms with Crippen molar-refractivity contribution in [2.24, 2.45) is 0 Å². The van der Waals surface area contributed by atoms with E-state index in [1.165, 1.54) is 23.5 Å². The van der Waals surface area contributed by atoms with Gasteiger partial charge in [-0.2, -0.15) is 0 Å². The molecule has 0 spiro atoms. The predicted molar refractivity (Wildman–Crippen MR) is 77.9 cm³/mol. The number of amides is 1. The van der Waals surface area contributed by atoms with Gasteiger partial charge in [0.15, 0.2) is 0 Å². The highest BCUT2D eigenvalue weighted by molar-refractivity contribution is 7.21. The van der Waals surface area contributed by atoms with Gasteiger partial charge < -0.3 is 11.1 Å². The number of hydrogen-bond acceptors (Lipinski definition) is 3. The van der Waals surface area contributed by atoms with Crippen LogP contribution in [0.1, 0.15) is 23.0 Å². The molecule has 0 saturated carbocycles. The van der Waals surface area contributed by atoms with E-state index in [9.17, 15) is 9.18 Å². The van der Waals surface area contributed by atoms with Crippen molar-refractivity contribution in [2.45, 2.75) is 19.4 Å². The first kappa shape index (κ1) is 13.5. The highest BCUT2D eigenvalue weighted by Crippen LogP contribution is 2.34. The smallest absolute Gasteiger partial charge is 0.263 e. The lowest BCUT2D eigenvalue weighted by atomic mass is 10.2. The number of fused-ring (bicyclic) bond motifs is 1. The third kappa shape index (κ3) is 2.76. The van der Waals surface area contributed by atoms with Crippen LogP contribution in [-0.2, 0) is 0 Å². The Hall–Kier alpha value is -1.88. The Labute approximate surface area is 114 Å². The Kier molecular flexibility index (Phi) is 3.85. The number of rotatable bonds is 4. The van der Waals surface area contributed by atoms with Crippen LogP contribution in [-0.4, -0.2) is 11.9 Å². The minimum Gasteiger partial charge on any atom is -0.397 e. The lowest BCUT2D eigenvalue weighted by molar-refractivity contribution is 0.0945. The van der Waals surface area contributed by atoms with Gasteiger partial charge in [-0.05, 0) is 31.5 Å². The minimum atomic E-state index is -0.357. The number of anilines is 1. The van der Waals surface area contributed by atoms with E-state index in [4.69, 9.17) is 5.73 Å². The van der Waals surface area contributed by atoms with Crippen molar-refractivity contribution in [1.82, 2.24) is 5.32 Å². The summed E-state index contributed by atoms with van der Waals surface area (Å²) in [6, 6.07) is 4.34. The molecule has 1 atom stereocenters. The van der Waals surface area contributed by atoms with Gasteiger partial charge in [0.2, 0.25) is 0 Å². The quantitative estimate of drug-likeness (QED) is 0.843. The summed E-state index contributed by atoms with van der Waals surface area (Å²) >= 11 is 1.27. The molecule has 3 nitrogen and oxygen atoms in total. The second-order valence-corrected chi connectivity index (χ2v) is 5.44. The van der Waals surface area contributed by atoms with Gasteiger partial charge in [-0.25, -0.2) is 4.39 Å². The number of halogens is 1. The van der Waals surface area contributed by atoms with Crippen LogP contribution in [0.5, 0.6) is 0 Å². The van der Waals surface area contributed by atoms with Gasteiger partial charge in [-0.15, -0.1) is 17.9 Å². The predicted octanol–water partition coefficient (Wildman–Crippen LogP) is 3.32. The van der Waals surface area contributed by atoms with Crippen LogP contribution < -0.4 is 11.1 Å². The summed E-state index contributed by atoms with van der Waals surface area (Å²) in [5.74, 6) is -0.586. The molecule has 3 N–H and O–H groups in total. The van der Waals surface area contributed by atoms with Gasteiger partial charge in [-0.1, -0.05) is 6.08 Å². The standard InChI is InChI=1S/C14H15FN2OS/c1-3-4-8(2)17-14(18)13-12(16)10-7-9(15)5-6-11(10)19-13/h3,5-8H,1,4,16H2,2H3,(H,17,18). The third-order valence-electron chi connectivity index (χ3n) is 2.79. The van der Waals surface area contributed by atoms with E-state index in [0.29, 0.717) is 22.4 Å². The first-order chi connectivity index (χ1) is 9.02. The molecule has 1 aromatic carbocycles. The number of thiophene rings is 1. The summed E-state index contributed by atoms with van der Waals surface area (Å²) < 4.78 is 14.0. The lowest BCUT2D eigenvalue weighted by Crippen LogP contribution is -2.31. The molecule has 1 heterocycles. The van der Waals surface area contributed by atoms with E-state index in [2.05, 4.69) is 11.9 Å². The van der Waals surface area contributed by atoms with E-state index in [1.54, 1.807) is 12.1 Å². The zero-order valence-electron chi connectivity index (χ0n) is 10.6. The summed E-state index contributed by atoms with van der Waals surface area (Å²) in [6.45, 7) is 5.52. The average Bonchev–Trinajstić information content (AvgIpc) is 2.67. The molecule has 0 aliphatic heterocycles. The number of nitrogens with one attached hydrogen (secondary N) is 1. The van der Waals surface area contributed by atoms with Crippen LogP contribution in [0.4, 0.5) is 10.1 Å². The van der Waals surface area contributed by atoms with Crippen molar-refractivity contribution < 1.29 is 9.18 Å². The molecule has 1 unspecified atom stereocenters. The molecule has 1 aromatic heterocycles. The average molecular weight is 278 g/mol. The Morgan fingerprint density at radius 1 is 1.63 bits per heavy atom. The summed E-state index contributed by atoms with van der Waals surface area (Å²) in [5.41, 5.74) is 6.26. The maximum Gasteiger partial charge on any atom is 0.263 e. The van der Waals surface area contributed by atoms with Crippen LogP contribution in [0, 0.1) is 5.82 Å². The van der Waals surface area contributed by atoms with E-state index in [0.717, 1.165) is 4.70 Å². The van der Waals surface area contributed by atoms with Gasteiger partial charge in [0.1, 0.15) is 10.7 Å². The zero-order chi connectivity index (χ0) is 14.0. The number of carbonyl (C=O) groups excluding carboxylic acids is 1. The van der Waals surface area contributed by atoms with Crippen LogP contribution in [0.2, 0.25) is 0 Å². The molecule has 0 aliphatic rings. The van der Waals surface area contributed by atoms with Crippen molar-refractivity contribution in [3.8, 4) is 0 Å². The normalized spacial score (nSPS) is 12.3. The fourth-order valence-corrected chi connectivity index (χ4v) is 2.86. The van der Waals surface area contributed by atoms with Crippen LogP contribution in [0.15, 0.2) is 30.9 Å². The number of carbonyl (C=O) groups is 1. The SMILES string of the molecule is C=CCC(C)NC(=O)c1sc2ccc(F)cc2c1N. The van der Waals surface area contributed by atoms with Gasteiger partial charge in [0.25, 0.3) is 5.91 Å². The first-order valence-corrected chi connectivity index (χ1v) is 6.74. The van der Waals surface area contributed by atoms with Crippen LogP contribution in [0.25, 0.3) is 10.1 Å². The summed E-state index contributed by atoms with van der Waals surface area (Å²) in [6.07, 6.45) is 2.43. The van der Waals surface area contributed by atoms with E-state index in [1.807, 2.05) is 6.92 Å².